The zero-order chi connectivity index (χ0) is 22.7. The van der Waals surface area contributed by atoms with E-state index in [4.69, 9.17) is 11.6 Å². The Bertz CT molecular complexity index is 1230. The van der Waals surface area contributed by atoms with E-state index >= 15 is 0 Å². The average molecular weight is 469 g/mol. The molecular formula is C23H21ClN4O3S. The lowest BCUT2D eigenvalue weighted by molar-refractivity contribution is -0.123. The Labute approximate surface area is 194 Å². The molecule has 7 nitrogen and oxygen atoms in total. The van der Waals surface area contributed by atoms with Crippen LogP contribution in [-0.4, -0.2) is 27.5 Å². The van der Waals surface area contributed by atoms with Crippen molar-refractivity contribution in [1.82, 2.24) is 9.97 Å². The molecule has 1 unspecified atom stereocenters. The van der Waals surface area contributed by atoms with E-state index in [1.807, 2.05) is 37.3 Å². The van der Waals surface area contributed by atoms with Crippen LogP contribution in [0.1, 0.15) is 29.0 Å². The molecule has 3 N–H and O–H groups in total. The summed E-state index contributed by atoms with van der Waals surface area (Å²) in [5.41, 5.74) is 2.29. The second-order valence-corrected chi connectivity index (χ2v) is 8.97. The number of carbonyl (C=O) groups excluding carboxylic acids is 2. The second-order valence-electron chi connectivity index (χ2n) is 7.48. The Hall–Kier alpha value is -3.10. The van der Waals surface area contributed by atoms with Crippen LogP contribution in [0.25, 0.3) is 0 Å². The largest absolute Gasteiger partial charge is 0.325 e. The smallest absolute Gasteiger partial charge is 0.257 e. The molecule has 1 aliphatic rings. The fourth-order valence-electron chi connectivity index (χ4n) is 3.45. The summed E-state index contributed by atoms with van der Waals surface area (Å²) < 4.78 is 0. The topological polar surface area (TPSA) is 104 Å². The molecule has 0 aliphatic carbocycles. The van der Waals surface area contributed by atoms with Crippen LogP contribution in [0.5, 0.6) is 0 Å². The minimum atomic E-state index is -0.946. The molecule has 2 heterocycles. The number of aromatic nitrogens is 2. The molecule has 164 valence electrons. The molecule has 3 aromatic rings. The SMILES string of the molecule is Cc1ccc(NC(=O)C2CC(=O)Nc3nc(SCCc4ccccc4)[nH]c(=O)c32)cc1Cl. The first-order valence-corrected chi connectivity index (χ1v) is 11.4. The Balaban J connectivity index is 1.52. The number of anilines is 2. The molecule has 2 amide bonds. The lowest BCUT2D eigenvalue weighted by atomic mass is 9.92. The van der Waals surface area contributed by atoms with Crippen molar-refractivity contribution in [2.75, 3.05) is 16.4 Å². The first kappa shape index (κ1) is 22.1. The van der Waals surface area contributed by atoms with Crippen molar-refractivity contribution < 1.29 is 9.59 Å². The van der Waals surface area contributed by atoms with Gasteiger partial charge in [-0.05, 0) is 36.6 Å². The number of rotatable bonds is 6. The Morgan fingerprint density at radius 3 is 2.75 bits per heavy atom. The molecule has 0 fully saturated rings. The monoisotopic (exact) mass is 468 g/mol. The van der Waals surface area contributed by atoms with Crippen LogP contribution in [0.4, 0.5) is 11.5 Å². The number of amides is 2. The van der Waals surface area contributed by atoms with Gasteiger partial charge >= 0.3 is 0 Å². The van der Waals surface area contributed by atoms with E-state index in [0.29, 0.717) is 21.6 Å². The Kier molecular flexibility index (Phi) is 6.62. The van der Waals surface area contributed by atoms with Gasteiger partial charge in [-0.25, -0.2) is 4.98 Å². The summed E-state index contributed by atoms with van der Waals surface area (Å²) in [7, 11) is 0. The fourth-order valence-corrected chi connectivity index (χ4v) is 4.49. The maximum atomic E-state index is 12.9. The zero-order valence-electron chi connectivity index (χ0n) is 17.3. The van der Waals surface area contributed by atoms with Gasteiger partial charge in [0.2, 0.25) is 11.8 Å². The molecule has 32 heavy (non-hydrogen) atoms. The molecule has 1 aromatic heterocycles. The number of thioether (sulfide) groups is 1. The van der Waals surface area contributed by atoms with E-state index in [0.717, 1.165) is 12.0 Å². The molecule has 9 heteroatoms. The first-order valence-electron chi connectivity index (χ1n) is 10.1. The van der Waals surface area contributed by atoms with Gasteiger partial charge in [0.25, 0.3) is 5.56 Å². The highest BCUT2D eigenvalue weighted by atomic mass is 35.5. The van der Waals surface area contributed by atoms with Gasteiger partial charge in [0, 0.05) is 22.9 Å². The number of hydrogen-bond donors (Lipinski definition) is 3. The number of benzene rings is 2. The van der Waals surface area contributed by atoms with Crippen LogP contribution < -0.4 is 16.2 Å². The van der Waals surface area contributed by atoms with E-state index in [9.17, 15) is 14.4 Å². The van der Waals surface area contributed by atoms with Crippen LogP contribution in [0.15, 0.2) is 58.5 Å². The van der Waals surface area contributed by atoms with Gasteiger partial charge in [-0.3, -0.25) is 14.4 Å². The van der Waals surface area contributed by atoms with Crippen LogP contribution >= 0.6 is 23.4 Å². The molecule has 0 saturated heterocycles. The first-order chi connectivity index (χ1) is 15.4. The molecule has 0 bridgehead atoms. The quantitative estimate of drug-likeness (QED) is 0.372. The number of H-pyrrole nitrogens is 1. The highest BCUT2D eigenvalue weighted by Gasteiger charge is 2.34. The minimum Gasteiger partial charge on any atom is -0.325 e. The average Bonchev–Trinajstić information content (AvgIpc) is 2.76. The van der Waals surface area contributed by atoms with Crippen molar-refractivity contribution >= 4 is 46.7 Å². The van der Waals surface area contributed by atoms with Crippen LogP contribution in [0, 0.1) is 6.92 Å². The zero-order valence-corrected chi connectivity index (χ0v) is 18.8. The van der Waals surface area contributed by atoms with Crippen molar-refractivity contribution in [3.63, 3.8) is 0 Å². The number of hydrogen-bond acceptors (Lipinski definition) is 5. The molecular weight excluding hydrogens is 448 g/mol. The predicted molar refractivity (Wildman–Crippen MR) is 127 cm³/mol. The van der Waals surface area contributed by atoms with Gasteiger partial charge in [0.05, 0.1) is 11.5 Å². The number of fused-ring (bicyclic) bond motifs is 1. The summed E-state index contributed by atoms with van der Waals surface area (Å²) in [5.74, 6) is -0.930. The molecule has 4 rings (SSSR count). The number of carbonyl (C=O) groups is 2. The summed E-state index contributed by atoms with van der Waals surface area (Å²) >= 11 is 7.51. The van der Waals surface area contributed by atoms with Gasteiger partial charge in [0.15, 0.2) is 5.16 Å². The van der Waals surface area contributed by atoms with Crippen molar-refractivity contribution in [3.05, 3.63) is 80.6 Å². The van der Waals surface area contributed by atoms with Crippen LogP contribution in [0.2, 0.25) is 5.02 Å². The summed E-state index contributed by atoms with van der Waals surface area (Å²) in [4.78, 5) is 45.1. The van der Waals surface area contributed by atoms with Crippen molar-refractivity contribution in [2.45, 2.75) is 30.8 Å². The Morgan fingerprint density at radius 2 is 2.00 bits per heavy atom. The van der Waals surface area contributed by atoms with E-state index in [1.54, 1.807) is 18.2 Å². The molecule has 0 saturated carbocycles. The summed E-state index contributed by atoms with van der Waals surface area (Å²) in [5, 5.41) is 6.29. The number of halogens is 1. The third-order valence-electron chi connectivity index (χ3n) is 5.16. The number of aryl methyl sites for hydroxylation is 2. The third kappa shape index (κ3) is 5.03. The lowest BCUT2D eigenvalue weighted by Gasteiger charge is -2.23. The highest BCUT2D eigenvalue weighted by Crippen LogP contribution is 2.31. The van der Waals surface area contributed by atoms with Crippen molar-refractivity contribution in [2.24, 2.45) is 0 Å². The molecule has 0 radical (unpaired) electrons. The van der Waals surface area contributed by atoms with Gasteiger partial charge in [-0.2, -0.15) is 0 Å². The van der Waals surface area contributed by atoms with E-state index in [-0.39, 0.29) is 23.7 Å². The van der Waals surface area contributed by atoms with Crippen molar-refractivity contribution in [1.29, 1.82) is 0 Å². The van der Waals surface area contributed by atoms with Crippen LogP contribution in [-0.2, 0) is 16.0 Å². The normalized spacial score (nSPS) is 15.1. The maximum absolute atomic E-state index is 12.9. The molecule has 2 aromatic carbocycles. The van der Waals surface area contributed by atoms with E-state index in [1.165, 1.54) is 17.3 Å². The van der Waals surface area contributed by atoms with E-state index < -0.39 is 17.4 Å². The predicted octanol–water partition coefficient (Wildman–Crippen LogP) is 4.13. The lowest BCUT2D eigenvalue weighted by Crippen LogP contribution is -2.36. The van der Waals surface area contributed by atoms with E-state index in [2.05, 4.69) is 20.6 Å². The highest BCUT2D eigenvalue weighted by molar-refractivity contribution is 7.99. The number of nitrogens with zero attached hydrogens (tertiary/aromatic N) is 1. The fraction of sp³-hybridized carbons (Fsp3) is 0.217. The maximum Gasteiger partial charge on any atom is 0.257 e. The third-order valence-corrected chi connectivity index (χ3v) is 6.44. The minimum absolute atomic E-state index is 0.134. The van der Waals surface area contributed by atoms with Gasteiger partial charge in [-0.1, -0.05) is 59.8 Å². The van der Waals surface area contributed by atoms with Crippen LogP contribution in [0.3, 0.4) is 0 Å². The van der Waals surface area contributed by atoms with Gasteiger partial charge in [-0.15, -0.1) is 0 Å². The molecule has 1 atom stereocenters. The summed E-state index contributed by atoms with van der Waals surface area (Å²) in [6, 6.07) is 15.1. The second kappa shape index (κ2) is 9.58. The Morgan fingerprint density at radius 1 is 1.22 bits per heavy atom. The van der Waals surface area contributed by atoms with Crippen molar-refractivity contribution in [3.8, 4) is 0 Å². The number of nitrogens with one attached hydrogen (secondary N) is 3. The van der Waals surface area contributed by atoms with Gasteiger partial charge in [0.1, 0.15) is 5.82 Å². The number of aromatic amines is 1. The standard InChI is InChI=1S/C23H21ClN4O3S/c1-13-7-8-15(11-17(13)24)25-21(30)16-12-18(29)26-20-19(16)22(31)28-23(27-20)32-10-9-14-5-3-2-4-6-14/h2-8,11,16H,9-10,12H2,1H3,(H,25,30)(H2,26,27,28,29,31). The summed E-state index contributed by atoms with van der Waals surface area (Å²) in [6.07, 6.45) is 0.673. The summed E-state index contributed by atoms with van der Waals surface area (Å²) in [6.45, 7) is 1.86. The van der Waals surface area contributed by atoms with Gasteiger partial charge < -0.3 is 15.6 Å². The molecule has 1 aliphatic heterocycles. The molecule has 0 spiro atoms.